The summed E-state index contributed by atoms with van der Waals surface area (Å²) in [7, 11) is 1.33. The molecule has 116 valence electrons. The van der Waals surface area contributed by atoms with E-state index < -0.39 is 5.97 Å². The van der Waals surface area contributed by atoms with Crippen molar-refractivity contribution in [2.45, 2.75) is 26.8 Å². The third-order valence-corrected chi connectivity index (χ3v) is 3.32. The Kier molecular flexibility index (Phi) is 4.75. The van der Waals surface area contributed by atoms with E-state index >= 15 is 0 Å². The highest BCUT2D eigenvalue weighted by Crippen LogP contribution is 2.35. The molecule has 1 atom stereocenters. The molecule has 5 nitrogen and oxygen atoms in total. The molecule has 0 saturated heterocycles. The number of rotatable bonds is 4. The predicted molar refractivity (Wildman–Crippen MR) is 85.6 cm³/mol. The summed E-state index contributed by atoms with van der Waals surface area (Å²) in [4.78, 5) is 19.9. The Labute approximate surface area is 130 Å². The summed E-state index contributed by atoms with van der Waals surface area (Å²) in [5, 5.41) is 3.37. The molecule has 0 radical (unpaired) electrons. The Balaban J connectivity index is 2.31. The molecule has 0 aliphatic carbocycles. The van der Waals surface area contributed by atoms with Gasteiger partial charge in [0.05, 0.1) is 25.5 Å². The second-order valence-electron chi connectivity index (χ2n) is 6.14. The minimum Gasteiger partial charge on any atom is -0.464 e. The van der Waals surface area contributed by atoms with Gasteiger partial charge in [0.15, 0.2) is 5.69 Å². The quantitative estimate of drug-likeness (QED) is 0.876. The number of aromatic nitrogens is 2. The van der Waals surface area contributed by atoms with Crippen LogP contribution in [-0.4, -0.2) is 23.0 Å². The van der Waals surface area contributed by atoms with Gasteiger partial charge < -0.3 is 10.1 Å². The Morgan fingerprint density at radius 3 is 2.45 bits per heavy atom. The van der Waals surface area contributed by atoms with Gasteiger partial charge >= 0.3 is 5.97 Å². The molecule has 2 rings (SSSR count). The van der Waals surface area contributed by atoms with E-state index in [-0.39, 0.29) is 17.2 Å². The number of benzene rings is 1. The lowest BCUT2D eigenvalue weighted by atomic mass is 9.82. The normalized spacial score (nSPS) is 12.5. The number of esters is 1. The van der Waals surface area contributed by atoms with Crippen LogP contribution in [0.3, 0.4) is 0 Å². The number of methoxy groups -OCH3 is 1. The zero-order chi connectivity index (χ0) is 16.2. The third kappa shape index (κ3) is 3.81. The van der Waals surface area contributed by atoms with E-state index in [0.29, 0.717) is 5.82 Å². The first-order valence-corrected chi connectivity index (χ1v) is 7.13. The summed E-state index contributed by atoms with van der Waals surface area (Å²) in [6, 6.07) is 10.2. The van der Waals surface area contributed by atoms with Crippen molar-refractivity contribution < 1.29 is 9.53 Å². The third-order valence-electron chi connectivity index (χ3n) is 3.32. The highest BCUT2D eigenvalue weighted by molar-refractivity contribution is 5.87. The zero-order valence-corrected chi connectivity index (χ0v) is 13.3. The summed E-state index contributed by atoms with van der Waals surface area (Å²) >= 11 is 0. The number of carbonyl (C=O) groups excluding carboxylic acids is 1. The fourth-order valence-corrected chi connectivity index (χ4v) is 2.23. The Bertz CT molecular complexity index is 636. The van der Waals surface area contributed by atoms with E-state index in [1.165, 1.54) is 13.3 Å². The van der Waals surface area contributed by atoms with E-state index in [0.717, 1.165) is 5.56 Å². The highest BCUT2D eigenvalue weighted by atomic mass is 16.5. The van der Waals surface area contributed by atoms with Crippen LogP contribution >= 0.6 is 0 Å². The van der Waals surface area contributed by atoms with Crippen LogP contribution in [0.25, 0.3) is 0 Å². The molecular weight excluding hydrogens is 278 g/mol. The Hall–Kier alpha value is -2.43. The molecule has 5 heteroatoms. The first-order valence-electron chi connectivity index (χ1n) is 7.13. The van der Waals surface area contributed by atoms with Crippen LogP contribution in [0.1, 0.15) is 42.9 Å². The van der Waals surface area contributed by atoms with Gasteiger partial charge in [-0.15, -0.1) is 0 Å². The number of nitrogens with zero attached hydrogens (tertiary/aromatic N) is 2. The van der Waals surface area contributed by atoms with Crippen molar-refractivity contribution in [1.29, 1.82) is 0 Å². The van der Waals surface area contributed by atoms with E-state index in [1.807, 2.05) is 18.2 Å². The molecule has 22 heavy (non-hydrogen) atoms. The molecule has 1 N–H and O–H groups in total. The molecule has 1 unspecified atom stereocenters. The summed E-state index contributed by atoms with van der Waals surface area (Å²) in [6.45, 7) is 6.44. The van der Waals surface area contributed by atoms with E-state index in [9.17, 15) is 4.79 Å². The summed E-state index contributed by atoms with van der Waals surface area (Å²) in [5.41, 5.74) is 1.30. The van der Waals surface area contributed by atoms with Crippen molar-refractivity contribution in [3.63, 3.8) is 0 Å². The molecule has 1 aromatic carbocycles. The maximum absolute atomic E-state index is 11.6. The zero-order valence-electron chi connectivity index (χ0n) is 13.3. The van der Waals surface area contributed by atoms with Crippen molar-refractivity contribution in [3.05, 3.63) is 54.0 Å². The van der Waals surface area contributed by atoms with Crippen LogP contribution in [0.15, 0.2) is 42.7 Å². The fourth-order valence-electron chi connectivity index (χ4n) is 2.23. The van der Waals surface area contributed by atoms with Gasteiger partial charge in [-0.3, -0.25) is 4.98 Å². The molecule has 0 bridgehead atoms. The molecule has 1 aromatic heterocycles. The monoisotopic (exact) mass is 299 g/mol. The topological polar surface area (TPSA) is 64.1 Å². The average molecular weight is 299 g/mol. The molecule has 0 amide bonds. The molecule has 1 heterocycles. The predicted octanol–water partition coefficient (Wildman–Crippen LogP) is 3.46. The smallest absolute Gasteiger partial charge is 0.358 e. The number of carbonyl (C=O) groups is 1. The van der Waals surface area contributed by atoms with Crippen LogP contribution in [0, 0.1) is 5.41 Å². The first kappa shape index (κ1) is 15.9. The van der Waals surface area contributed by atoms with Gasteiger partial charge in [-0.05, 0) is 11.0 Å². The molecular formula is C17H21N3O2. The number of anilines is 1. The van der Waals surface area contributed by atoms with Crippen LogP contribution in [0.5, 0.6) is 0 Å². The fraction of sp³-hybridized carbons (Fsp3) is 0.353. The molecule has 0 saturated carbocycles. The lowest BCUT2D eigenvalue weighted by Crippen LogP contribution is -2.26. The van der Waals surface area contributed by atoms with Gasteiger partial charge in [-0.25, -0.2) is 9.78 Å². The molecule has 0 aliphatic rings. The number of hydrogen-bond acceptors (Lipinski definition) is 5. The number of nitrogens with one attached hydrogen (secondary N) is 1. The van der Waals surface area contributed by atoms with Crippen molar-refractivity contribution >= 4 is 11.8 Å². The van der Waals surface area contributed by atoms with Crippen molar-refractivity contribution in [2.75, 3.05) is 12.4 Å². The molecule has 0 spiro atoms. The maximum Gasteiger partial charge on any atom is 0.358 e. The van der Waals surface area contributed by atoms with E-state index in [1.54, 1.807) is 6.20 Å². The molecule has 2 aromatic rings. The standard InChI is InChI=1S/C17H21N3O2/c1-17(2,3)15(12-8-6-5-7-9-12)20-14-11-18-10-13(19-14)16(21)22-4/h5-11,15H,1-4H3,(H,19,20). The highest BCUT2D eigenvalue weighted by Gasteiger charge is 2.26. The minimum atomic E-state index is -0.497. The first-order chi connectivity index (χ1) is 10.4. The minimum absolute atomic E-state index is 0.0374. The lowest BCUT2D eigenvalue weighted by Gasteiger charge is -2.32. The van der Waals surface area contributed by atoms with E-state index in [4.69, 9.17) is 0 Å². The number of ether oxygens (including phenoxy) is 1. The van der Waals surface area contributed by atoms with Gasteiger partial charge in [0.2, 0.25) is 0 Å². The summed E-state index contributed by atoms with van der Waals surface area (Å²) in [5.74, 6) is 0.0508. The van der Waals surface area contributed by atoms with Crippen LogP contribution in [0.4, 0.5) is 5.82 Å². The van der Waals surface area contributed by atoms with Crippen LogP contribution in [-0.2, 0) is 4.74 Å². The van der Waals surface area contributed by atoms with Gasteiger partial charge in [-0.2, -0.15) is 0 Å². The Morgan fingerprint density at radius 2 is 1.86 bits per heavy atom. The van der Waals surface area contributed by atoms with Gasteiger partial charge in [0.1, 0.15) is 5.82 Å². The summed E-state index contributed by atoms with van der Waals surface area (Å²) in [6.07, 6.45) is 3.00. The van der Waals surface area contributed by atoms with Gasteiger partial charge in [0.25, 0.3) is 0 Å². The second-order valence-corrected chi connectivity index (χ2v) is 6.14. The van der Waals surface area contributed by atoms with Gasteiger partial charge in [-0.1, -0.05) is 51.1 Å². The van der Waals surface area contributed by atoms with Gasteiger partial charge in [0, 0.05) is 0 Å². The summed E-state index contributed by atoms with van der Waals surface area (Å²) < 4.78 is 4.68. The maximum atomic E-state index is 11.6. The van der Waals surface area contributed by atoms with E-state index in [2.05, 4.69) is 52.9 Å². The average Bonchev–Trinajstić information content (AvgIpc) is 2.52. The van der Waals surface area contributed by atoms with Crippen molar-refractivity contribution in [2.24, 2.45) is 5.41 Å². The van der Waals surface area contributed by atoms with Crippen molar-refractivity contribution in [1.82, 2.24) is 9.97 Å². The molecule has 0 aliphatic heterocycles. The Morgan fingerprint density at radius 1 is 1.18 bits per heavy atom. The lowest BCUT2D eigenvalue weighted by molar-refractivity contribution is 0.0593. The SMILES string of the molecule is COC(=O)c1cncc(NC(c2ccccc2)C(C)(C)C)n1. The molecule has 0 fully saturated rings. The van der Waals surface area contributed by atoms with Crippen LogP contribution in [0.2, 0.25) is 0 Å². The largest absolute Gasteiger partial charge is 0.464 e. The van der Waals surface area contributed by atoms with Crippen LogP contribution < -0.4 is 5.32 Å². The van der Waals surface area contributed by atoms with Crippen molar-refractivity contribution in [3.8, 4) is 0 Å². The number of hydrogen-bond donors (Lipinski definition) is 1. The second kappa shape index (κ2) is 6.56.